The molecule has 0 atom stereocenters. The van der Waals surface area contributed by atoms with Crippen molar-refractivity contribution >= 4 is 46.3 Å². The molecule has 0 saturated carbocycles. The first-order valence-electron chi connectivity index (χ1n) is 7.91. The molecule has 2 aromatic carbocycles. The zero-order valence-electron chi connectivity index (χ0n) is 13.9. The van der Waals surface area contributed by atoms with Gasteiger partial charge in [-0.2, -0.15) is 0 Å². The number of carbonyl (C=O) groups is 2. The van der Waals surface area contributed by atoms with Crippen LogP contribution in [0.2, 0.25) is 10.0 Å². The predicted octanol–water partition coefficient (Wildman–Crippen LogP) is 3.20. The fourth-order valence-corrected chi connectivity index (χ4v) is 3.21. The quantitative estimate of drug-likeness (QED) is 0.796. The molecule has 134 valence electrons. The van der Waals surface area contributed by atoms with Gasteiger partial charge in [-0.15, -0.1) is 0 Å². The monoisotopic (exact) mass is 390 g/mol. The van der Waals surface area contributed by atoms with E-state index in [9.17, 15) is 14.7 Å². The third-order valence-electron chi connectivity index (χ3n) is 4.10. The van der Waals surface area contributed by atoms with Crippen LogP contribution in [0.5, 0.6) is 0 Å². The number of amides is 2. The minimum Gasteiger partial charge on any atom is -0.395 e. The summed E-state index contributed by atoms with van der Waals surface area (Å²) in [7, 11) is 1.66. The van der Waals surface area contributed by atoms with Crippen molar-refractivity contribution in [2.75, 3.05) is 25.1 Å². The van der Waals surface area contributed by atoms with Gasteiger partial charge in [0.2, 0.25) is 0 Å². The summed E-state index contributed by atoms with van der Waals surface area (Å²) in [5.41, 5.74) is 1.36. The van der Waals surface area contributed by atoms with Gasteiger partial charge in [0.25, 0.3) is 11.8 Å². The van der Waals surface area contributed by atoms with Gasteiger partial charge in [-0.25, -0.2) is 4.90 Å². The largest absolute Gasteiger partial charge is 0.395 e. The molecule has 0 saturated heterocycles. The molecule has 3 rings (SSSR count). The van der Waals surface area contributed by atoms with Crippen LogP contribution in [0.3, 0.4) is 0 Å². The first kappa shape index (κ1) is 18.5. The lowest BCUT2D eigenvalue weighted by atomic mass is 10.0. The average molecular weight is 391 g/mol. The predicted molar refractivity (Wildman–Crippen MR) is 102 cm³/mol. The highest BCUT2D eigenvalue weighted by molar-refractivity contribution is 6.47. The van der Waals surface area contributed by atoms with Gasteiger partial charge in [0.1, 0.15) is 5.70 Å². The molecular formula is C19H16Cl2N2O3. The SMILES string of the molecule is CN(CCO)C1=C(c2ccc(Cl)cc2)C(=O)N(c2ccccc2Cl)C1=O. The molecule has 1 heterocycles. The fourth-order valence-electron chi connectivity index (χ4n) is 2.86. The highest BCUT2D eigenvalue weighted by atomic mass is 35.5. The van der Waals surface area contributed by atoms with Crippen LogP contribution < -0.4 is 4.90 Å². The highest BCUT2D eigenvalue weighted by Gasteiger charge is 2.42. The minimum absolute atomic E-state index is 0.151. The van der Waals surface area contributed by atoms with Crippen LogP contribution in [-0.4, -0.2) is 42.0 Å². The maximum Gasteiger partial charge on any atom is 0.282 e. The maximum absolute atomic E-state index is 13.1. The summed E-state index contributed by atoms with van der Waals surface area (Å²) >= 11 is 12.1. The Morgan fingerprint density at radius 3 is 2.27 bits per heavy atom. The number of para-hydroxylation sites is 1. The van der Waals surface area contributed by atoms with E-state index in [2.05, 4.69) is 0 Å². The molecule has 2 amide bonds. The standard InChI is InChI=1S/C19H16Cl2N2O3/c1-22(10-11-24)17-16(12-6-8-13(20)9-7-12)18(25)23(19(17)26)15-5-3-2-4-14(15)21/h2-9,24H,10-11H2,1H3. The molecule has 5 nitrogen and oxygen atoms in total. The molecule has 2 aromatic rings. The Kier molecular flexibility index (Phi) is 5.32. The van der Waals surface area contributed by atoms with Crippen LogP contribution in [0.15, 0.2) is 54.2 Å². The van der Waals surface area contributed by atoms with Gasteiger partial charge in [-0.3, -0.25) is 9.59 Å². The summed E-state index contributed by atoms with van der Waals surface area (Å²) < 4.78 is 0. The molecule has 7 heteroatoms. The summed E-state index contributed by atoms with van der Waals surface area (Å²) in [5, 5.41) is 10.1. The Bertz CT molecular complexity index is 894. The van der Waals surface area contributed by atoms with E-state index in [-0.39, 0.29) is 24.4 Å². The molecule has 0 aliphatic carbocycles. The van der Waals surface area contributed by atoms with E-state index in [0.29, 0.717) is 21.3 Å². The van der Waals surface area contributed by atoms with Crippen molar-refractivity contribution in [2.45, 2.75) is 0 Å². The number of benzene rings is 2. The number of likely N-dealkylation sites (N-methyl/N-ethyl adjacent to an activating group) is 1. The molecule has 0 aromatic heterocycles. The number of aliphatic hydroxyl groups is 1. The van der Waals surface area contributed by atoms with Crippen molar-refractivity contribution in [3.63, 3.8) is 0 Å². The van der Waals surface area contributed by atoms with Crippen LogP contribution in [-0.2, 0) is 9.59 Å². The van der Waals surface area contributed by atoms with Crippen LogP contribution >= 0.6 is 23.2 Å². The van der Waals surface area contributed by atoms with E-state index in [0.717, 1.165) is 4.90 Å². The number of rotatable bonds is 5. The Labute approximate surface area is 161 Å². The number of aliphatic hydroxyl groups excluding tert-OH is 1. The smallest absolute Gasteiger partial charge is 0.282 e. The number of hydrogen-bond acceptors (Lipinski definition) is 4. The third-order valence-corrected chi connectivity index (χ3v) is 4.67. The lowest BCUT2D eigenvalue weighted by Crippen LogP contribution is -2.35. The molecule has 1 aliphatic heterocycles. The summed E-state index contributed by atoms with van der Waals surface area (Å²) in [6, 6.07) is 13.4. The van der Waals surface area contributed by atoms with Crippen LogP contribution in [0.1, 0.15) is 5.56 Å². The van der Waals surface area contributed by atoms with Gasteiger partial charge in [-0.1, -0.05) is 47.5 Å². The Hall–Kier alpha value is -2.34. The van der Waals surface area contributed by atoms with Crippen molar-refractivity contribution in [3.05, 3.63) is 69.8 Å². The molecule has 26 heavy (non-hydrogen) atoms. The number of anilines is 1. The summed E-state index contributed by atoms with van der Waals surface area (Å²) in [5.74, 6) is -0.950. The molecule has 0 spiro atoms. The van der Waals surface area contributed by atoms with Gasteiger partial charge < -0.3 is 10.0 Å². The van der Waals surface area contributed by atoms with Gasteiger partial charge in [-0.05, 0) is 29.8 Å². The lowest BCUT2D eigenvalue weighted by molar-refractivity contribution is -0.120. The van der Waals surface area contributed by atoms with Crippen molar-refractivity contribution in [1.82, 2.24) is 4.90 Å². The van der Waals surface area contributed by atoms with E-state index in [1.165, 1.54) is 0 Å². The normalized spacial score (nSPS) is 14.4. The van der Waals surface area contributed by atoms with Gasteiger partial charge >= 0.3 is 0 Å². The van der Waals surface area contributed by atoms with Crippen LogP contribution in [0, 0.1) is 0 Å². The van der Waals surface area contributed by atoms with Crippen LogP contribution in [0.25, 0.3) is 5.57 Å². The minimum atomic E-state index is -0.482. The lowest BCUT2D eigenvalue weighted by Gasteiger charge is -2.20. The van der Waals surface area contributed by atoms with Crippen molar-refractivity contribution in [3.8, 4) is 0 Å². The average Bonchev–Trinajstić information content (AvgIpc) is 2.87. The van der Waals surface area contributed by atoms with Crippen LogP contribution in [0.4, 0.5) is 5.69 Å². The number of imide groups is 1. The maximum atomic E-state index is 13.1. The summed E-state index contributed by atoms with van der Waals surface area (Å²) in [6.45, 7) is 0.0588. The van der Waals surface area contributed by atoms with E-state index in [1.807, 2.05) is 0 Å². The fraction of sp³-hybridized carbons (Fsp3) is 0.158. The Morgan fingerprint density at radius 1 is 1.00 bits per heavy atom. The molecule has 1 N–H and O–H groups in total. The molecule has 0 bridgehead atoms. The van der Waals surface area contributed by atoms with Gasteiger partial charge in [0.05, 0.1) is 22.9 Å². The second-order valence-corrected chi connectivity index (χ2v) is 6.62. The topological polar surface area (TPSA) is 60.9 Å². The third kappa shape index (κ3) is 3.21. The van der Waals surface area contributed by atoms with Crippen molar-refractivity contribution < 1.29 is 14.7 Å². The van der Waals surface area contributed by atoms with E-state index in [4.69, 9.17) is 23.2 Å². The second kappa shape index (κ2) is 7.50. The molecule has 0 fully saturated rings. The highest BCUT2D eigenvalue weighted by Crippen LogP contribution is 2.37. The summed E-state index contributed by atoms with van der Waals surface area (Å²) in [4.78, 5) is 28.8. The number of nitrogens with zero attached hydrogens (tertiary/aromatic N) is 2. The summed E-state index contributed by atoms with van der Waals surface area (Å²) in [6.07, 6.45) is 0. The molecule has 0 unspecified atom stereocenters. The number of carbonyl (C=O) groups excluding carboxylic acids is 2. The van der Waals surface area contributed by atoms with Crippen molar-refractivity contribution in [1.29, 1.82) is 0 Å². The van der Waals surface area contributed by atoms with Gasteiger partial charge in [0, 0.05) is 18.6 Å². The van der Waals surface area contributed by atoms with E-state index >= 15 is 0 Å². The van der Waals surface area contributed by atoms with Gasteiger partial charge in [0.15, 0.2) is 0 Å². The zero-order chi connectivity index (χ0) is 18.8. The first-order valence-corrected chi connectivity index (χ1v) is 8.66. The van der Waals surface area contributed by atoms with E-state index in [1.54, 1.807) is 60.5 Å². The molecule has 0 radical (unpaired) electrons. The number of hydrogen-bond donors (Lipinski definition) is 1. The zero-order valence-corrected chi connectivity index (χ0v) is 15.5. The molecular weight excluding hydrogens is 375 g/mol. The number of halogens is 2. The second-order valence-electron chi connectivity index (χ2n) is 5.77. The first-order chi connectivity index (χ1) is 12.5. The van der Waals surface area contributed by atoms with E-state index < -0.39 is 11.8 Å². The molecule has 1 aliphatic rings. The van der Waals surface area contributed by atoms with Crippen molar-refractivity contribution in [2.24, 2.45) is 0 Å². The Morgan fingerprint density at radius 2 is 1.65 bits per heavy atom. The Balaban J connectivity index is 2.15.